The van der Waals surface area contributed by atoms with Gasteiger partial charge in [-0.3, -0.25) is 0 Å². The van der Waals surface area contributed by atoms with E-state index >= 15 is 0 Å². The number of hydrogen-bond donors (Lipinski definition) is 1. The van der Waals surface area contributed by atoms with Gasteiger partial charge in [0, 0.05) is 6.04 Å². The highest BCUT2D eigenvalue weighted by atomic mass is 14.7. The van der Waals surface area contributed by atoms with Gasteiger partial charge in [-0.15, -0.1) is 0 Å². The van der Waals surface area contributed by atoms with E-state index < -0.39 is 0 Å². The van der Waals surface area contributed by atoms with Crippen molar-refractivity contribution in [3.63, 3.8) is 0 Å². The molecule has 0 bridgehead atoms. The van der Waals surface area contributed by atoms with Gasteiger partial charge in [-0.1, -0.05) is 32.6 Å². The Balaban J connectivity index is 2.09. The van der Waals surface area contributed by atoms with Crippen LogP contribution in [0.4, 0.5) is 0 Å². The topological polar surface area (TPSA) is 26.0 Å². The van der Waals surface area contributed by atoms with Crippen molar-refractivity contribution in [3.05, 3.63) is 0 Å². The fourth-order valence-electron chi connectivity index (χ4n) is 3.57. The molecule has 0 amide bonds. The van der Waals surface area contributed by atoms with Crippen LogP contribution < -0.4 is 5.73 Å². The molecule has 76 valence electrons. The molecule has 13 heavy (non-hydrogen) atoms. The summed E-state index contributed by atoms with van der Waals surface area (Å²) in [5.41, 5.74) is 6.95. The Labute approximate surface area is 82.1 Å². The lowest BCUT2D eigenvalue weighted by Crippen LogP contribution is -2.49. The molecule has 0 aromatic heterocycles. The summed E-state index contributed by atoms with van der Waals surface area (Å²) in [5, 5.41) is 0. The molecule has 2 fully saturated rings. The van der Waals surface area contributed by atoms with Gasteiger partial charge in [0.05, 0.1) is 0 Å². The molecule has 1 heteroatoms. The zero-order valence-corrected chi connectivity index (χ0v) is 8.89. The first-order chi connectivity index (χ1) is 6.25. The van der Waals surface area contributed by atoms with E-state index in [1.165, 1.54) is 51.4 Å². The van der Waals surface area contributed by atoms with Gasteiger partial charge in [0.25, 0.3) is 0 Å². The van der Waals surface area contributed by atoms with Crippen molar-refractivity contribution in [2.75, 3.05) is 0 Å². The standard InChI is InChI=1S/C12H23N/c1-10-6-5-9-12(11(10)13)7-3-2-4-8-12/h10-11H,2-9,13H2,1H3/t10-,11+/m0/s1. The molecule has 0 unspecified atom stereocenters. The summed E-state index contributed by atoms with van der Waals surface area (Å²) in [6.07, 6.45) is 11.3. The lowest BCUT2D eigenvalue weighted by Gasteiger charge is -2.48. The lowest BCUT2D eigenvalue weighted by molar-refractivity contribution is 0.0637. The predicted octanol–water partition coefficient (Wildman–Crippen LogP) is 3.08. The highest BCUT2D eigenvalue weighted by Gasteiger charge is 2.42. The molecular weight excluding hydrogens is 158 g/mol. The molecule has 0 radical (unpaired) electrons. The van der Waals surface area contributed by atoms with Crippen LogP contribution in [0.1, 0.15) is 58.3 Å². The van der Waals surface area contributed by atoms with E-state index in [4.69, 9.17) is 5.73 Å². The van der Waals surface area contributed by atoms with Gasteiger partial charge in [-0.25, -0.2) is 0 Å². The van der Waals surface area contributed by atoms with Crippen molar-refractivity contribution in [2.45, 2.75) is 64.3 Å². The van der Waals surface area contributed by atoms with Crippen LogP contribution in [0, 0.1) is 11.3 Å². The van der Waals surface area contributed by atoms with E-state index in [0.717, 1.165) is 5.92 Å². The maximum atomic E-state index is 6.39. The van der Waals surface area contributed by atoms with Crippen LogP contribution in [0.5, 0.6) is 0 Å². The van der Waals surface area contributed by atoms with Gasteiger partial charge in [0.15, 0.2) is 0 Å². The SMILES string of the molecule is C[C@H]1CCCC2(CCCCC2)[C@@H]1N. The summed E-state index contributed by atoms with van der Waals surface area (Å²) in [4.78, 5) is 0. The molecule has 2 aliphatic rings. The van der Waals surface area contributed by atoms with Crippen molar-refractivity contribution in [3.8, 4) is 0 Å². The second kappa shape index (κ2) is 3.61. The van der Waals surface area contributed by atoms with Crippen molar-refractivity contribution in [2.24, 2.45) is 17.1 Å². The number of rotatable bonds is 0. The Morgan fingerprint density at radius 1 is 1.00 bits per heavy atom. The summed E-state index contributed by atoms with van der Waals surface area (Å²) in [7, 11) is 0. The molecule has 2 saturated carbocycles. The van der Waals surface area contributed by atoms with Crippen molar-refractivity contribution < 1.29 is 0 Å². The van der Waals surface area contributed by atoms with Crippen molar-refractivity contribution >= 4 is 0 Å². The van der Waals surface area contributed by atoms with Gasteiger partial charge < -0.3 is 5.73 Å². The van der Waals surface area contributed by atoms with Crippen LogP contribution >= 0.6 is 0 Å². The number of hydrogen-bond acceptors (Lipinski definition) is 1. The molecule has 0 saturated heterocycles. The predicted molar refractivity (Wildman–Crippen MR) is 56.5 cm³/mol. The monoisotopic (exact) mass is 181 g/mol. The van der Waals surface area contributed by atoms with Crippen LogP contribution in [-0.4, -0.2) is 6.04 Å². The number of nitrogens with two attached hydrogens (primary N) is 1. The van der Waals surface area contributed by atoms with Crippen LogP contribution in [0.15, 0.2) is 0 Å². The first-order valence-corrected chi connectivity index (χ1v) is 6.00. The molecule has 0 aromatic rings. The smallest absolute Gasteiger partial charge is 0.0121 e. The van der Waals surface area contributed by atoms with Crippen LogP contribution in [0.25, 0.3) is 0 Å². The van der Waals surface area contributed by atoms with E-state index in [-0.39, 0.29) is 0 Å². The van der Waals surface area contributed by atoms with Gasteiger partial charge in [-0.2, -0.15) is 0 Å². The third-order valence-electron chi connectivity index (χ3n) is 4.50. The zero-order chi connectivity index (χ0) is 9.31. The maximum absolute atomic E-state index is 6.39. The minimum absolute atomic E-state index is 0.501. The fraction of sp³-hybridized carbons (Fsp3) is 1.00. The highest BCUT2D eigenvalue weighted by Crippen LogP contribution is 2.48. The Kier molecular flexibility index (Phi) is 2.64. The Hall–Kier alpha value is -0.0400. The molecule has 2 aliphatic carbocycles. The van der Waals surface area contributed by atoms with Gasteiger partial charge >= 0.3 is 0 Å². The minimum Gasteiger partial charge on any atom is -0.327 e. The fourth-order valence-corrected chi connectivity index (χ4v) is 3.57. The normalized spacial score (nSPS) is 39.2. The van der Waals surface area contributed by atoms with E-state index in [9.17, 15) is 0 Å². The van der Waals surface area contributed by atoms with E-state index in [2.05, 4.69) is 6.92 Å². The largest absolute Gasteiger partial charge is 0.327 e. The summed E-state index contributed by atoms with van der Waals surface area (Å²) < 4.78 is 0. The van der Waals surface area contributed by atoms with Crippen LogP contribution in [0.2, 0.25) is 0 Å². The summed E-state index contributed by atoms with van der Waals surface area (Å²) in [5.74, 6) is 0.770. The third kappa shape index (κ3) is 1.63. The Morgan fingerprint density at radius 3 is 2.31 bits per heavy atom. The van der Waals surface area contributed by atoms with Gasteiger partial charge in [-0.05, 0) is 37.0 Å². The first kappa shape index (κ1) is 9.51. The van der Waals surface area contributed by atoms with Crippen molar-refractivity contribution in [1.82, 2.24) is 0 Å². The molecular formula is C12H23N. The summed E-state index contributed by atoms with van der Waals surface area (Å²) in [6.45, 7) is 2.35. The Morgan fingerprint density at radius 2 is 1.62 bits per heavy atom. The average molecular weight is 181 g/mol. The zero-order valence-electron chi connectivity index (χ0n) is 8.89. The van der Waals surface area contributed by atoms with E-state index in [1.54, 1.807) is 0 Å². The summed E-state index contributed by atoms with van der Waals surface area (Å²) in [6, 6.07) is 0.501. The molecule has 2 atom stereocenters. The quantitative estimate of drug-likeness (QED) is 0.610. The first-order valence-electron chi connectivity index (χ1n) is 6.00. The van der Waals surface area contributed by atoms with E-state index in [1.807, 2.05) is 0 Å². The third-order valence-corrected chi connectivity index (χ3v) is 4.50. The molecule has 1 spiro atoms. The second-order valence-electron chi connectivity index (χ2n) is 5.32. The minimum atomic E-state index is 0.501. The Bertz CT molecular complexity index is 164. The van der Waals surface area contributed by atoms with Gasteiger partial charge in [0.2, 0.25) is 0 Å². The lowest BCUT2D eigenvalue weighted by atomic mass is 9.60. The van der Waals surface area contributed by atoms with E-state index in [0.29, 0.717) is 11.5 Å². The highest BCUT2D eigenvalue weighted by molar-refractivity contribution is 4.96. The van der Waals surface area contributed by atoms with Crippen LogP contribution in [0.3, 0.4) is 0 Å². The molecule has 0 aromatic carbocycles. The molecule has 1 nitrogen and oxygen atoms in total. The van der Waals surface area contributed by atoms with Crippen LogP contribution in [-0.2, 0) is 0 Å². The average Bonchev–Trinajstić information content (AvgIpc) is 2.16. The second-order valence-corrected chi connectivity index (χ2v) is 5.32. The maximum Gasteiger partial charge on any atom is 0.0121 e. The summed E-state index contributed by atoms with van der Waals surface area (Å²) >= 11 is 0. The van der Waals surface area contributed by atoms with Crippen molar-refractivity contribution in [1.29, 1.82) is 0 Å². The molecule has 0 heterocycles. The van der Waals surface area contributed by atoms with Gasteiger partial charge in [0.1, 0.15) is 0 Å². The molecule has 2 rings (SSSR count). The molecule has 2 N–H and O–H groups in total. The molecule has 0 aliphatic heterocycles.